The van der Waals surface area contributed by atoms with Gasteiger partial charge in [-0.25, -0.2) is 0 Å². The number of morpholine rings is 1. The lowest BCUT2D eigenvalue weighted by atomic mass is 10.1. The number of carbonyl (C=O) groups is 2. The fraction of sp³-hybridized carbons (Fsp3) is 0.200. The SMILES string of the molecule is O=C(Nc1c(C(=O)N2CCOCC2)oc2ccccc12)c1ccc(Cl)cc1. The second kappa shape index (κ2) is 7.42. The van der Waals surface area contributed by atoms with Crippen LogP contribution in [0.15, 0.2) is 52.9 Å². The highest BCUT2D eigenvalue weighted by atomic mass is 35.5. The summed E-state index contributed by atoms with van der Waals surface area (Å²) in [6.07, 6.45) is 0. The summed E-state index contributed by atoms with van der Waals surface area (Å²) in [6.45, 7) is 1.94. The van der Waals surface area contributed by atoms with Crippen LogP contribution in [0.3, 0.4) is 0 Å². The number of carbonyl (C=O) groups excluding carboxylic acids is 2. The van der Waals surface area contributed by atoms with Gasteiger partial charge in [0.25, 0.3) is 11.8 Å². The summed E-state index contributed by atoms with van der Waals surface area (Å²) in [5.41, 5.74) is 1.36. The van der Waals surface area contributed by atoms with E-state index in [1.807, 2.05) is 18.2 Å². The molecule has 1 aromatic heterocycles. The molecule has 2 amide bonds. The molecule has 0 spiro atoms. The molecule has 0 bridgehead atoms. The van der Waals surface area contributed by atoms with Crippen molar-refractivity contribution in [1.29, 1.82) is 0 Å². The Kier molecular flexibility index (Phi) is 4.83. The third kappa shape index (κ3) is 3.54. The topological polar surface area (TPSA) is 71.8 Å². The monoisotopic (exact) mass is 384 g/mol. The van der Waals surface area contributed by atoms with Gasteiger partial charge in [-0.1, -0.05) is 23.7 Å². The van der Waals surface area contributed by atoms with Crippen LogP contribution < -0.4 is 5.32 Å². The molecule has 27 heavy (non-hydrogen) atoms. The van der Waals surface area contributed by atoms with Crippen LogP contribution in [-0.2, 0) is 4.74 Å². The maximum absolute atomic E-state index is 13.0. The van der Waals surface area contributed by atoms with Gasteiger partial charge in [-0.3, -0.25) is 9.59 Å². The van der Waals surface area contributed by atoms with Gasteiger partial charge >= 0.3 is 0 Å². The van der Waals surface area contributed by atoms with Crippen molar-refractivity contribution in [2.75, 3.05) is 31.6 Å². The van der Waals surface area contributed by atoms with E-state index in [2.05, 4.69) is 5.32 Å². The summed E-state index contributed by atoms with van der Waals surface area (Å²) in [4.78, 5) is 27.3. The van der Waals surface area contributed by atoms with Crippen LogP contribution in [0, 0.1) is 0 Å². The Balaban J connectivity index is 1.70. The van der Waals surface area contributed by atoms with Crippen LogP contribution in [-0.4, -0.2) is 43.0 Å². The van der Waals surface area contributed by atoms with E-state index >= 15 is 0 Å². The molecule has 0 saturated carbocycles. The zero-order valence-corrected chi connectivity index (χ0v) is 15.2. The quantitative estimate of drug-likeness (QED) is 0.745. The minimum absolute atomic E-state index is 0.125. The number of para-hydroxylation sites is 1. The Morgan fingerprint density at radius 3 is 2.44 bits per heavy atom. The van der Waals surface area contributed by atoms with E-state index in [-0.39, 0.29) is 17.6 Å². The van der Waals surface area contributed by atoms with Crippen molar-refractivity contribution in [2.45, 2.75) is 0 Å². The van der Waals surface area contributed by atoms with E-state index in [1.165, 1.54) is 0 Å². The summed E-state index contributed by atoms with van der Waals surface area (Å²) < 4.78 is 11.1. The fourth-order valence-corrected chi connectivity index (χ4v) is 3.14. The molecule has 1 fully saturated rings. The lowest BCUT2D eigenvalue weighted by Gasteiger charge is -2.26. The van der Waals surface area contributed by atoms with Gasteiger partial charge in [0.15, 0.2) is 0 Å². The van der Waals surface area contributed by atoms with E-state index in [9.17, 15) is 9.59 Å². The Morgan fingerprint density at radius 2 is 1.70 bits per heavy atom. The fourth-order valence-electron chi connectivity index (χ4n) is 3.02. The highest BCUT2D eigenvalue weighted by Crippen LogP contribution is 2.32. The molecule has 1 saturated heterocycles. The zero-order chi connectivity index (χ0) is 18.8. The van der Waals surface area contributed by atoms with Gasteiger partial charge in [0, 0.05) is 29.1 Å². The molecule has 1 aliphatic rings. The van der Waals surface area contributed by atoms with Gasteiger partial charge in [0.05, 0.1) is 13.2 Å². The van der Waals surface area contributed by atoms with Crippen LogP contribution in [0.2, 0.25) is 5.02 Å². The van der Waals surface area contributed by atoms with Gasteiger partial charge < -0.3 is 19.4 Å². The van der Waals surface area contributed by atoms with E-state index in [0.29, 0.717) is 53.5 Å². The summed E-state index contributed by atoms with van der Waals surface area (Å²) in [7, 11) is 0. The molecular weight excluding hydrogens is 368 g/mol. The number of hydrogen-bond acceptors (Lipinski definition) is 4. The average molecular weight is 385 g/mol. The van der Waals surface area contributed by atoms with Crippen molar-refractivity contribution in [3.8, 4) is 0 Å². The largest absolute Gasteiger partial charge is 0.449 e. The average Bonchev–Trinajstić information content (AvgIpc) is 3.07. The number of benzene rings is 2. The second-order valence-electron chi connectivity index (χ2n) is 6.17. The first-order valence-corrected chi connectivity index (χ1v) is 8.97. The summed E-state index contributed by atoms with van der Waals surface area (Å²) in [6, 6.07) is 13.8. The van der Waals surface area contributed by atoms with Crippen molar-refractivity contribution >= 4 is 40.1 Å². The van der Waals surface area contributed by atoms with Gasteiger partial charge in [-0.05, 0) is 36.4 Å². The molecule has 138 valence electrons. The molecule has 0 aliphatic carbocycles. The Hall–Kier alpha value is -2.83. The molecule has 0 unspecified atom stereocenters. The number of amides is 2. The third-order valence-electron chi connectivity index (χ3n) is 4.43. The third-order valence-corrected chi connectivity index (χ3v) is 4.68. The molecule has 0 atom stereocenters. The summed E-state index contributed by atoms with van der Waals surface area (Å²) in [5, 5.41) is 4.06. The van der Waals surface area contributed by atoms with E-state index in [0.717, 1.165) is 0 Å². The van der Waals surface area contributed by atoms with Crippen molar-refractivity contribution in [1.82, 2.24) is 4.90 Å². The molecule has 6 nitrogen and oxygen atoms in total. The van der Waals surface area contributed by atoms with Crippen LogP contribution in [0.4, 0.5) is 5.69 Å². The van der Waals surface area contributed by atoms with Gasteiger partial charge in [0.2, 0.25) is 5.76 Å². The van der Waals surface area contributed by atoms with Crippen LogP contribution in [0.5, 0.6) is 0 Å². The minimum Gasteiger partial charge on any atom is -0.449 e. The number of furan rings is 1. The van der Waals surface area contributed by atoms with Crippen molar-refractivity contribution in [3.05, 3.63) is 64.9 Å². The first kappa shape index (κ1) is 17.6. The normalized spacial score (nSPS) is 14.3. The predicted molar refractivity (Wildman–Crippen MR) is 102 cm³/mol. The van der Waals surface area contributed by atoms with E-state index < -0.39 is 0 Å². The highest BCUT2D eigenvalue weighted by molar-refractivity contribution is 6.30. The molecule has 2 heterocycles. The lowest BCUT2D eigenvalue weighted by Crippen LogP contribution is -2.40. The number of fused-ring (bicyclic) bond motifs is 1. The Bertz CT molecular complexity index is 991. The number of nitrogens with zero attached hydrogens (tertiary/aromatic N) is 1. The number of hydrogen-bond donors (Lipinski definition) is 1. The molecule has 0 radical (unpaired) electrons. The van der Waals surface area contributed by atoms with Crippen molar-refractivity contribution in [2.24, 2.45) is 0 Å². The number of nitrogens with one attached hydrogen (secondary N) is 1. The van der Waals surface area contributed by atoms with Crippen LogP contribution in [0.25, 0.3) is 11.0 Å². The number of ether oxygens (including phenoxy) is 1. The standard InChI is InChI=1S/C20H17ClN2O4/c21-14-7-5-13(6-8-14)19(24)22-17-15-3-1-2-4-16(15)27-18(17)20(25)23-9-11-26-12-10-23/h1-8H,9-12H2,(H,22,24). The smallest absolute Gasteiger partial charge is 0.291 e. The number of rotatable bonds is 3. The molecule has 2 aromatic carbocycles. The predicted octanol–water partition coefficient (Wildman–Crippen LogP) is 3.81. The second-order valence-corrected chi connectivity index (χ2v) is 6.60. The Labute approximate surface area is 160 Å². The number of anilines is 1. The first-order valence-electron chi connectivity index (χ1n) is 8.59. The molecule has 4 rings (SSSR count). The molecular formula is C20H17ClN2O4. The van der Waals surface area contributed by atoms with Gasteiger partial charge in [-0.2, -0.15) is 0 Å². The lowest BCUT2D eigenvalue weighted by molar-refractivity contribution is 0.0285. The highest BCUT2D eigenvalue weighted by Gasteiger charge is 2.27. The van der Waals surface area contributed by atoms with Crippen LogP contribution in [0.1, 0.15) is 20.9 Å². The van der Waals surface area contributed by atoms with E-state index in [4.69, 9.17) is 20.8 Å². The molecule has 1 aliphatic heterocycles. The summed E-state index contributed by atoms with van der Waals surface area (Å²) >= 11 is 5.88. The van der Waals surface area contributed by atoms with Gasteiger partial charge in [-0.15, -0.1) is 0 Å². The van der Waals surface area contributed by atoms with Crippen LogP contribution >= 0.6 is 11.6 Å². The molecule has 1 N–H and O–H groups in total. The first-order chi connectivity index (χ1) is 13.1. The maximum Gasteiger partial charge on any atom is 0.291 e. The minimum atomic E-state index is -0.339. The maximum atomic E-state index is 13.0. The van der Waals surface area contributed by atoms with Gasteiger partial charge in [0.1, 0.15) is 11.3 Å². The van der Waals surface area contributed by atoms with E-state index in [1.54, 1.807) is 35.2 Å². The Morgan fingerprint density at radius 1 is 1.00 bits per heavy atom. The molecule has 3 aromatic rings. The van der Waals surface area contributed by atoms with Crippen molar-refractivity contribution < 1.29 is 18.7 Å². The number of halogens is 1. The van der Waals surface area contributed by atoms with Crippen molar-refractivity contribution in [3.63, 3.8) is 0 Å². The molecule has 7 heteroatoms. The summed E-state index contributed by atoms with van der Waals surface area (Å²) in [5.74, 6) is -0.476. The zero-order valence-electron chi connectivity index (χ0n) is 14.4.